The standard InChI is InChI=1S/C22H27NO3/c1-21(2,3)14-11-17(24)19-15-10-13(20-23-8-9-25-20)6-7-16(15)22(4,5)26-18(19)12-14/h6,8-9,11-12,15-16,24H,7,10H2,1-5H3. The van der Waals surface area contributed by atoms with Crippen molar-refractivity contribution in [2.75, 3.05) is 0 Å². The van der Waals surface area contributed by atoms with Crippen LogP contribution < -0.4 is 4.74 Å². The van der Waals surface area contributed by atoms with Gasteiger partial charge in [0.1, 0.15) is 23.4 Å². The lowest BCUT2D eigenvalue weighted by Gasteiger charge is -2.47. The Balaban J connectivity index is 1.81. The van der Waals surface area contributed by atoms with Crippen molar-refractivity contribution < 1.29 is 14.3 Å². The van der Waals surface area contributed by atoms with Crippen molar-refractivity contribution in [3.05, 3.63) is 47.7 Å². The van der Waals surface area contributed by atoms with Gasteiger partial charge >= 0.3 is 0 Å². The van der Waals surface area contributed by atoms with E-state index in [0.29, 0.717) is 17.6 Å². The maximum absolute atomic E-state index is 10.9. The molecule has 2 heterocycles. The van der Waals surface area contributed by atoms with Crippen LogP contribution in [0.1, 0.15) is 70.4 Å². The molecular weight excluding hydrogens is 326 g/mol. The summed E-state index contributed by atoms with van der Waals surface area (Å²) in [6, 6.07) is 4.01. The van der Waals surface area contributed by atoms with E-state index < -0.39 is 0 Å². The smallest absolute Gasteiger partial charge is 0.221 e. The zero-order chi connectivity index (χ0) is 18.7. The molecule has 26 heavy (non-hydrogen) atoms. The number of aromatic hydroxyl groups is 1. The van der Waals surface area contributed by atoms with Gasteiger partial charge in [0.05, 0.1) is 6.20 Å². The molecule has 138 valence electrons. The molecule has 1 N–H and O–H groups in total. The van der Waals surface area contributed by atoms with Gasteiger partial charge in [-0.05, 0) is 49.8 Å². The van der Waals surface area contributed by atoms with Crippen LogP contribution in [0, 0.1) is 5.92 Å². The normalized spacial score (nSPS) is 24.3. The number of phenols is 1. The first-order chi connectivity index (χ1) is 12.2. The van der Waals surface area contributed by atoms with Gasteiger partial charge in [-0.25, -0.2) is 4.98 Å². The number of fused-ring (bicyclic) bond motifs is 3. The highest BCUT2D eigenvalue weighted by molar-refractivity contribution is 5.64. The Labute approximate surface area is 154 Å². The van der Waals surface area contributed by atoms with Gasteiger partial charge in [0.25, 0.3) is 0 Å². The molecule has 0 spiro atoms. The lowest BCUT2D eigenvalue weighted by Crippen LogP contribution is -2.45. The molecule has 0 radical (unpaired) electrons. The summed E-state index contributed by atoms with van der Waals surface area (Å²) in [4.78, 5) is 4.31. The highest BCUT2D eigenvalue weighted by atomic mass is 16.5. The van der Waals surface area contributed by atoms with E-state index in [1.54, 1.807) is 12.5 Å². The fourth-order valence-electron chi connectivity index (χ4n) is 4.39. The first kappa shape index (κ1) is 17.2. The first-order valence-electron chi connectivity index (χ1n) is 9.32. The van der Waals surface area contributed by atoms with Gasteiger partial charge < -0.3 is 14.3 Å². The van der Waals surface area contributed by atoms with Crippen LogP contribution in [0.4, 0.5) is 0 Å². The van der Waals surface area contributed by atoms with E-state index in [9.17, 15) is 5.11 Å². The van der Waals surface area contributed by atoms with Crippen LogP contribution in [-0.2, 0) is 5.41 Å². The van der Waals surface area contributed by atoms with Crippen molar-refractivity contribution in [2.24, 2.45) is 5.92 Å². The third-order valence-corrected chi connectivity index (χ3v) is 5.87. The Morgan fingerprint density at radius 1 is 1.23 bits per heavy atom. The monoisotopic (exact) mass is 353 g/mol. The van der Waals surface area contributed by atoms with Gasteiger partial charge in [0, 0.05) is 23.0 Å². The van der Waals surface area contributed by atoms with Crippen molar-refractivity contribution >= 4 is 5.57 Å². The number of benzene rings is 1. The highest BCUT2D eigenvalue weighted by Crippen LogP contribution is 2.55. The second-order valence-electron chi connectivity index (χ2n) is 9.08. The lowest BCUT2D eigenvalue weighted by molar-refractivity contribution is 0.00899. The Hall–Kier alpha value is -2.23. The summed E-state index contributed by atoms with van der Waals surface area (Å²) in [5.41, 5.74) is 2.78. The molecular formula is C22H27NO3. The molecule has 2 aromatic rings. The molecule has 1 aromatic carbocycles. The van der Waals surface area contributed by atoms with E-state index in [4.69, 9.17) is 9.15 Å². The number of aromatic nitrogens is 1. The molecule has 2 aliphatic rings. The third-order valence-electron chi connectivity index (χ3n) is 5.87. The average Bonchev–Trinajstić information content (AvgIpc) is 3.06. The van der Waals surface area contributed by atoms with Gasteiger partial charge in [-0.1, -0.05) is 26.8 Å². The summed E-state index contributed by atoms with van der Waals surface area (Å²) in [5, 5.41) is 10.9. The summed E-state index contributed by atoms with van der Waals surface area (Å²) in [6.07, 6.45) is 7.18. The largest absolute Gasteiger partial charge is 0.508 e. The summed E-state index contributed by atoms with van der Waals surface area (Å²) in [5.74, 6) is 2.33. The van der Waals surface area contributed by atoms with Gasteiger partial charge in [-0.15, -0.1) is 0 Å². The van der Waals surface area contributed by atoms with E-state index in [2.05, 4.69) is 51.7 Å². The molecule has 4 rings (SSSR count). The predicted molar refractivity (Wildman–Crippen MR) is 101 cm³/mol. The Morgan fingerprint density at radius 3 is 2.65 bits per heavy atom. The first-order valence-corrected chi connectivity index (χ1v) is 9.32. The molecule has 4 heteroatoms. The molecule has 2 atom stereocenters. The summed E-state index contributed by atoms with van der Waals surface area (Å²) < 4.78 is 11.9. The molecule has 0 fully saturated rings. The fraction of sp³-hybridized carbons (Fsp3) is 0.500. The van der Waals surface area contributed by atoms with Crippen LogP contribution in [0.5, 0.6) is 11.5 Å². The number of phenolic OH excluding ortho intramolecular Hbond substituents is 1. The Morgan fingerprint density at radius 2 is 2.00 bits per heavy atom. The average molecular weight is 353 g/mol. The van der Waals surface area contributed by atoms with E-state index in [1.807, 2.05) is 6.07 Å². The maximum atomic E-state index is 10.9. The van der Waals surface area contributed by atoms with Crippen molar-refractivity contribution in [1.29, 1.82) is 0 Å². The number of ether oxygens (including phenoxy) is 1. The van der Waals surface area contributed by atoms with E-state index in [1.165, 1.54) is 0 Å². The zero-order valence-corrected chi connectivity index (χ0v) is 16.2. The molecule has 0 bridgehead atoms. The Kier molecular flexibility index (Phi) is 3.73. The number of nitrogens with zero attached hydrogens (tertiary/aromatic N) is 1. The lowest BCUT2D eigenvalue weighted by atomic mass is 9.66. The third kappa shape index (κ3) is 2.72. The second kappa shape index (κ2) is 5.63. The van der Waals surface area contributed by atoms with E-state index in [0.717, 1.165) is 35.3 Å². The SMILES string of the molecule is CC(C)(C)c1cc(O)c2c(c1)OC(C)(C)C1CC=C(c3ncco3)CC21. The van der Waals surface area contributed by atoms with Crippen LogP contribution in [0.15, 0.2) is 35.1 Å². The van der Waals surface area contributed by atoms with Crippen molar-refractivity contribution in [3.63, 3.8) is 0 Å². The van der Waals surface area contributed by atoms with Crippen molar-refractivity contribution in [3.8, 4) is 11.5 Å². The minimum atomic E-state index is -0.292. The molecule has 4 nitrogen and oxygen atoms in total. The van der Waals surface area contributed by atoms with Crippen molar-refractivity contribution in [1.82, 2.24) is 4.98 Å². The molecule has 1 aromatic heterocycles. The van der Waals surface area contributed by atoms with Gasteiger partial charge in [0.2, 0.25) is 5.89 Å². The number of rotatable bonds is 1. The van der Waals surface area contributed by atoms with Crippen LogP contribution in [0.3, 0.4) is 0 Å². The zero-order valence-electron chi connectivity index (χ0n) is 16.2. The van der Waals surface area contributed by atoms with E-state index in [-0.39, 0.29) is 16.9 Å². The van der Waals surface area contributed by atoms with Crippen LogP contribution >= 0.6 is 0 Å². The predicted octanol–water partition coefficient (Wildman–Crippen LogP) is 5.43. The fourth-order valence-corrected chi connectivity index (χ4v) is 4.39. The number of allylic oxidation sites excluding steroid dienone is 2. The topological polar surface area (TPSA) is 55.5 Å². The number of oxazole rings is 1. The van der Waals surface area contributed by atoms with E-state index >= 15 is 0 Å². The van der Waals surface area contributed by atoms with Crippen LogP contribution in [0.2, 0.25) is 0 Å². The maximum Gasteiger partial charge on any atom is 0.221 e. The molecule has 2 unspecified atom stereocenters. The molecule has 0 saturated heterocycles. The van der Waals surface area contributed by atoms with Crippen molar-refractivity contribution in [2.45, 2.75) is 64.4 Å². The van der Waals surface area contributed by atoms with Gasteiger partial charge in [-0.2, -0.15) is 0 Å². The minimum Gasteiger partial charge on any atom is -0.508 e. The van der Waals surface area contributed by atoms with Crippen LogP contribution in [-0.4, -0.2) is 15.7 Å². The molecule has 0 saturated carbocycles. The van der Waals surface area contributed by atoms with Gasteiger partial charge in [0.15, 0.2) is 0 Å². The minimum absolute atomic E-state index is 0.0490. The Bertz CT molecular complexity index is 856. The molecule has 1 aliphatic heterocycles. The molecule has 0 amide bonds. The van der Waals surface area contributed by atoms with Crippen LogP contribution in [0.25, 0.3) is 5.57 Å². The summed E-state index contributed by atoms with van der Waals surface area (Å²) in [6.45, 7) is 10.7. The summed E-state index contributed by atoms with van der Waals surface area (Å²) >= 11 is 0. The summed E-state index contributed by atoms with van der Waals surface area (Å²) in [7, 11) is 0. The quantitative estimate of drug-likeness (QED) is 0.743. The highest BCUT2D eigenvalue weighted by Gasteiger charge is 2.46. The van der Waals surface area contributed by atoms with Gasteiger partial charge in [-0.3, -0.25) is 0 Å². The number of hydrogen-bond donors (Lipinski definition) is 1. The second-order valence-corrected chi connectivity index (χ2v) is 9.08. The number of hydrogen-bond acceptors (Lipinski definition) is 4. The molecule has 1 aliphatic carbocycles.